The van der Waals surface area contributed by atoms with Gasteiger partial charge >= 0.3 is 0 Å². The zero-order chi connectivity index (χ0) is 9.84. The Balaban J connectivity index is 2.33. The number of rotatable bonds is 3. The third-order valence-corrected chi connectivity index (χ3v) is 3.21. The van der Waals surface area contributed by atoms with Crippen LogP contribution in [0.25, 0.3) is 0 Å². The molecule has 2 N–H and O–H groups in total. The van der Waals surface area contributed by atoms with Crippen molar-refractivity contribution in [3.8, 4) is 0 Å². The summed E-state index contributed by atoms with van der Waals surface area (Å²) in [6.45, 7) is 6.63. The SMILES string of the molecule is CC(C)[C@H](C)N[C@H]1CCCC[C@@H]1O. The minimum Gasteiger partial charge on any atom is -0.392 e. The van der Waals surface area contributed by atoms with Crippen LogP contribution in [-0.2, 0) is 0 Å². The van der Waals surface area contributed by atoms with E-state index in [4.69, 9.17) is 0 Å². The van der Waals surface area contributed by atoms with Gasteiger partial charge in [0.05, 0.1) is 6.10 Å². The molecule has 0 aromatic rings. The van der Waals surface area contributed by atoms with Gasteiger partial charge in [-0.25, -0.2) is 0 Å². The number of nitrogens with one attached hydrogen (secondary N) is 1. The van der Waals surface area contributed by atoms with Crippen molar-refractivity contribution in [3.05, 3.63) is 0 Å². The van der Waals surface area contributed by atoms with E-state index in [0.717, 1.165) is 12.8 Å². The number of aliphatic hydroxyl groups excluding tert-OH is 1. The van der Waals surface area contributed by atoms with Crippen LogP contribution in [0.15, 0.2) is 0 Å². The summed E-state index contributed by atoms with van der Waals surface area (Å²) in [7, 11) is 0. The van der Waals surface area contributed by atoms with Crippen molar-refractivity contribution < 1.29 is 5.11 Å². The van der Waals surface area contributed by atoms with Crippen LogP contribution in [0.5, 0.6) is 0 Å². The van der Waals surface area contributed by atoms with E-state index in [-0.39, 0.29) is 6.10 Å². The second-order valence-electron chi connectivity index (χ2n) is 4.66. The molecule has 0 saturated heterocycles. The average Bonchev–Trinajstić information content (AvgIpc) is 2.08. The molecule has 0 heterocycles. The van der Waals surface area contributed by atoms with Gasteiger partial charge in [-0.05, 0) is 25.7 Å². The standard InChI is InChI=1S/C11H23NO/c1-8(2)9(3)12-10-6-4-5-7-11(10)13/h8-13H,4-7H2,1-3H3/t9-,10-,11-/m0/s1. The predicted octanol–water partition coefficient (Wildman–Crippen LogP) is 1.92. The Labute approximate surface area is 81.7 Å². The molecule has 2 nitrogen and oxygen atoms in total. The summed E-state index contributed by atoms with van der Waals surface area (Å²) in [5, 5.41) is 13.3. The lowest BCUT2D eigenvalue weighted by atomic mass is 9.91. The van der Waals surface area contributed by atoms with E-state index < -0.39 is 0 Å². The van der Waals surface area contributed by atoms with Crippen LogP contribution in [0.2, 0.25) is 0 Å². The molecule has 1 rings (SSSR count). The Morgan fingerprint density at radius 2 is 1.77 bits per heavy atom. The Morgan fingerprint density at radius 3 is 2.31 bits per heavy atom. The lowest BCUT2D eigenvalue weighted by molar-refractivity contribution is 0.0826. The van der Waals surface area contributed by atoms with Gasteiger partial charge in [-0.3, -0.25) is 0 Å². The maximum atomic E-state index is 9.74. The van der Waals surface area contributed by atoms with E-state index in [9.17, 15) is 5.11 Å². The molecule has 1 aliphatic rings. The van der Waals surface area contributed by atoms with Gasteiger partial charge in [-0.2, -0.15) is 0 Å². The fourth-order valence-corrected chi connectivity index (χ4v) is 1.84. The Hall–Kier alpha value is -0.0800. The minimum atomic E-state index is -0.116. The van der Waals surface area contributed by atoms with E-state index in [1.54, 1.807) is 0 Å². The molecule has 0 aromatic carbocycles. The van der Waals surface area contributed by atoms with Crippen molar-refractivity contribution in [2.75, 3.05) is 0 Å². The van der Waals surface area contributed by atoms with Crippen LogP contribution in [0.3, 0.4) is 0 Å². The molecule has 3 atom stereocenters. The number of aliphatic hydroxyl groups is 1. The van der Waals surface area contributed by atoms with Crippen LogP contribution < -0.4 is 5.32 Å². The average molecular weight is 185 g/mol. The van der Waals surface area contributed by atoms with Crippen molar-refractivity contribution in [2.24, 2.45) is 5.92 Å². The highest BCUT2D eigenvalue weighted by atomic mass is 16.3. The van der Waals surface area contributed by atoms with Gasteiger partial charge in [-0.1, -0.05) is 26.7 Å². The Bertz CT molecular complexity index is 147. The van der Waals surface area contributed by atoms with Crippen LogP contribution >= 0.6 is 0 Å². The molecular formula is C11H23NO. The highest BCUT2D eigenvalue weighted by Crippen LogP contribution is 2.19. The smallest absolute Gasteiger partial charge is 0.0693 e. The maximum absolute atomic E-state index is 9.74. The predicted molar refractivity (Wildman–Crippen MR) is 55.7 cm³/mol. The molecule has 0 aliphatic heterocycles. The molecule has 2 heteroatoms. The van der Waals surface area contributed by atoms with Crippen LogP contribution in [-0.4, -0.2) is 23.3 Å². The number of hydrogen-bond acceptors (Lipinski definition) is 2. The van der Waals surface area contributed by atoms with E-state index in [2.05, 4.69) is 26.1 Å². The van der Waals surface area contributed by atoms with Gasteiger partial charge in [0.15, 0.2) is 0 Å². The van der Waals surface area contributed by atoms with Gasteiger partial charge < -0.3 is 10.4 Å². The molecule has 0 aromatic heterocycles. The highest BCUT2D eigenvalue weighted by molar-refractivity contribution is 4.83. The summed E-state index contributed by atoms with van der Waals surface area (Å²) in [6, 6.07) is 0.851. The van der Waals surface area contributed by atoms with E-state index in [1.165, 1.54) is 12.8 Å². The Morgan fingerprint density at radius 1 is 1.15 bits per heavy atom. The first-order chi connectivity index (χ1) is 6.11. The first-order valence-corrected chi connectivity index (χ1v) is 5.55. The molecule has 0 bridgehead atoms. The third-order valence-electron chi connectivity index (χ3n) is 3.21. The maximum Gasteiger partial charge on any atom is 0.0693 e. The van der Waals surface area contributed by atoms with Crippen molar-refractivity contribution >= 4 is 0 Å². The molecule has 0 radical (unpaired) electrons. The zero-order valence-corrected chi connectivity index (χ0v) is 9.09. The number of hydrogen-bond donors (Lipinski definition) is 2. The topological polar surface area (TPSA) is 32.3 Å². The summed E-state index contributed by atoms with van der Waals surface area (Å²) < 4.78 is 0. The second-order valence-corrected chi connectivity index (χ2v) is 4.66. The molecule has 0 unspecified atom stereocenters. The van der Waals surface area contributed by atoms with Crippen molar-refractivity contribution in [1.82, 2.24) is 5.32 Å². The second kappa shape index (κ2) is 4.97. The molecule has 1 saturated carbocycles. The first-order valence-electron chi connectivity index (χ1n) is 5.55. The highest BCUT2D eigenvalue weighted by Gasteiger charge is 2.24. The fraction of sp³-hybridized carbons (Fsp3) is 1.00. The van der Waals surface area contributed by atoms with Crippen molar-refractivity contribution in [1.29, 1.82) is 0 Å². The lowest BCUT2D eigenvalue weighted by Gasteiger charge is -2.32. The van der Waals surface area contributed by atoms with Crippen molar-refractivity contribution in [2.45, 2.75) is 64.6 Å². The van der Waals surface area contributed by atoms with Crippen molar-refractivity contribution in [3.63, 3.8) is 0 Å². The molecule has 0 spiro atoms. The molecule has 0 amide bonds. The normalized spacial score (nSPS) is 32.1. The molecule has 1 aliphatic carbocycles. The summed E-state index contributed by atoms with van der Waals surface area (Å²) >= 11 is 0. The minimum absolute atomic E-state index is 0.116. The van der Waals surface area contributed by atoms with E-state index >= 15 is 0 Å². The van der Waals surface area contributed by atoms with Gasteiger partial charge in [-0.15, -0.1) is 0 Å². The van der Waals surface area contributed by atoms with Gasteiger partial charge in [0.1, 0.15) is 0 Å². The quantitative estimate of drug-likeness (QED) is 0.704. The zero-order valence-electron chi connectivity index (χ0n) is 9.09. The van der Waals surface area contributed by atoms with E-state index in [0.29, 0.717) is 18.0 Å². The summed E-state index contributed by atoms with van der Waals surface area (Å²) in [6.07, 6.45) is 4.45. The molecule has 13 heavy (non-hydrogen) atoms. The summed E-state index contributed by atoms with van der Waals surface area (Å²) in [5.74, 6) is 0.647. The third kappa shape index (κ3) is 3.28. The van der Waals surface area contributed by atoms with Crippen LogP contribution in [0, 0.1) is 5.92 Å². The molecule has 78 valence electrons. The molecular weight excluding hydrogens is 162 g/mol. The monoisotopic (exact) mass is 185 g/mol. The Kier molecular flexibility index (Phi) is 4.20. The van der Waals surface area contributed by atoms with Crippen LogP contribution in [0.4, 0.5) is 0 Å². The fourth-order valence-electron chi connectivity index (χ4n) is 1.84. The van der Waals surface area contributed by atoms with Gasteiger partial charge in [0, 0.05) is 12.1 Å². The van der Waals surface area contributed by atoms with E-state index in [1.807, 2.05) is 0 Å². The summed E-state index contributed by atoms with van der Waals surface area (Å²) in [5.41, 5.74) is 0. The van der Waals surface area contributed by atoms with Crippen LogP contribution in [0.1, 0.15) is 46.5 Å². The first kappa shape index (κ1) is 11.0. The van der Waals surface area contributed by atoms with Gasteiger partial charge in [0.2, 0.25) is 0 Å². The summed E-state index contributed by atoms with van der Waals surface area (Å²) in [4.78, 5) is 0. The largest absolute Gasteiger partial charge is 0.392 e. The molecule has 1 fully saturated rings. The van der Waals surface area contributed by atoms with Gasteiger partial charge in [0.25, 0.3) is 0 Å². The lowest BCUT2D eigenvalue weighted by Crippen LogP contribution is -2.47.